The number of anilines is 1. The van der Waals surface area contributed by atoms with Crippen LogP contribution in [-0.2, 0) is 19.2 Å². The third-order valence-electron chi connectivity index (χ3n) is 8.63. The van der Waals surface area contributed by atoms with Gasteiger partial charge in [-0.3, -0.25) is 29.0 Å². The van der Waals surface area contributed by atoms with E-state index in [1.807, 2.05) is 6.08 Å². The summed E-state index contributed by atoms with van der Waals surface area (Å²) in [4.78, 5) is 53.3. The first-order valence-electron chi connectivity index (χ1n) is 12.5. The molecule has 2 aromatic carbocycles. The van der Waals surface area contributed by atoms with E-state index in [-0.39, 0.29) is 41.3 Å². The molecule has 1 saturated carbocycles. The number of alkyl halides is 3. The molecule has 208 valence electrons. The predicted molar refractivity (Wildman–Crippen MR) is 155 cm³/mol. The number of halogens is 4. The van der Waals surface area contributed by atoms with Crippen molar-refractivity contribution in [3.8, 4) is 11.5 Å². The van der Waals surface area contributed by atoms with E-state index in [1.54, 1.807) is 42.5 Å². The number of methoxy groups -OCH3 is 1. The van der Waals surface area contributed by atoms with Gasteiger partial charge in [0.05, 0.1) is 30.1 Å². The number of carbonyl (C=O) groups excluding carboxylic acids is 4. The second kappa shape index (κ2) is 9.58. The molecule has 40 heavy (non-hydrogen) atoms. The second-order valence-electron chi connectivity index (χ2n) is 10.4. The summed E-state index contributed by atoms with van der Waals surface area (Å²) in [5, 5.41) is 11.3. The van der Waals surface area contributed by atoms with Gasteiger partial charge in [-0.05, 0) is 43.0 Å². The molecule has 2 saturated heterocycles. The molecule has 4 aliphatic rings. The molecule has 3 fully saturated rings. The first-order valence-corrected chi connectivity index (χ1v) is 15.2. The van der Waals surface area contributed by atoms with E-state index >= 15 is 0 Å². The third-order valence-corrected chi connectivity index (χ3v) is 11.0. The van der Waals surface area contributed by atoms with Gasteiger partial charge in [0.25, 0.3) is 11.8 Å². The lowest BCUT2D eigenvalue weighted by molar-refractivity contribution is -0.138. The fraction of sp³-hybridized carbons (Fsp3) is 0.357. The molecular formula is C28H22Br2Cl2N2O6. The van der Waals surface area contributed by atoms with E-state index in [0.29, 0.717) is 15.7 Å². The van der Waals surface area contributed by atoms with Gasteiger partial charge in [0.2, 0.25) is 11.8 Å². The number of para-hydroxylation sites is 1. The van der Waals surface area contributed by atoms with Crippen LogP contribution in [0.25, 0.3) is 0 Å². The summed E-state index contributed by atoms with van der Waals surface area (Å²) in [5.41, 5.74) is 1.12. The molecule has 0 radical (unpaired) electrons. The molecule has 6 unspecified atom stereocenters. The van der Waals surface area contributed by atoms with E-state index in [0.717, 1.165) is 4.90 Å². The standard InChI is InChI=1S/C28H22Br2Cl2N2O6/c1-40-19-10-13(30)9-17(22(19)35)21-15-7-8-16-20(24(37)34(23(16)36)14-5-3-2-4-6-14)18(15)11-27(31)25(38)33(12-29)26(39)28(21,27)32/h2-7,9-10,16,18,20-21,35H,8,11-12H2,1H3. The van der Waals surface area contributed by atoms with E-state index in [2.05, 4.69) is 31.9 Å². The molecule has 2 aliphatic heterocycles. The number of hydrogen-bond acceptors (Lipinski definition) is 6. The van der Waals surface area contributed by atoms with Crippen LogP contribution in [0.5, 0.6) is 11.5 Å². The molecule has 4 amide bonds. The monoisotopic (exact) mass is 710 g/mol. The minimum absolute atomic E-state index is 0.123. The fourth-order valence-electron chi connectivity index (χ4n) is 6.90. The molecule has 2 aromatic rings. The van der Waals surface area contributed by atoms with Crippen LogP contribution in [0.15, 0.2) is 58.6 Å². The van der Waals surface area contributed by atoms with Crippen LogP contribution in [0.4, 0.5) is 5.69 Å². The Morgan fingerprint density at radius 2 is 1.75 bits per heavy atom. The average Bonchev–Trinajstić information content (AvgIpc) is 3.28. The van der Waals surface area contributed by atoms with E-state index in [9.17, 15) is 24.3 Å². The van der Waals surface area contributed by atoms with Crippen molar-refractivity contribution in [2.75, 3.05) is 17.5 Å². The van der Waals surface area contributed by atoms with Crippen molar-refractivity contribution in [2.24, 2.45) is 17.8 Å². The van der Waals surface area contributed by atoms with Crippen LogP contribution < -0.4 is 9.64 Å². The maximum Gasteiger partial charge on any atom is 0.254 e. The number of nitrogens with zero attached hydrogens (tertiary/aromatic N) is 2. The Balaban J connectivity index is 1.57. The molecule has 2 aliphatic carbocycles. The summed E-state index contributed by atoms with van der Waals surface area (Å²) in [5.74, 6) is -5.59. The molecule has 8 nitrogen and oxygen atoms in total. The van der Waals surface area contributed by atoms with E-state index < -0.39 is 51.1 Å². The lowest BCUT2D eigenvalue weighted by Crippen LogP contribution is -2.60. The van der Waals surface area contributed by atoms with Gasteiger partial charge < -0.3 is 9.84 Å². The number of benzene rings is 2. The Kier molecular flexibility index (Phi) is 6.64. The van der Waals surface area contributed by atoms with Gasteiger partial charge in [-0.2, -0.15) is 0 Å². The lowest BCUT2D eigenvalue weighted by atomic mass is 9.56. The largest absolute Gasteiger partial charge is 0.504 e. The number of ether oxygens (including phenoxy) is 1. The van der Waals surface area contributed by atoms with Crippen LogP contribution in [-0.4, -0.2) is 55.9 Å². The molecule has 6 rings (SSSR count). The highest BCUT2D eigenvalue weighted by atomic mass is 79.9. The zero-order chi connectivity index (χ0) is 28.7. The molecular weight excluding hydrogens is 691 g/mol. The van der Waals surface area contributed by atoms with Crippen LogP contribution in [0.3, 0.4) is 0 Å². The Bertz CT molecular complexity index is 1520. The van der Waals surface area contributed by atoms with Crippen molar-refractivity contribution in [3.63, 3.8) is 0 Å². The van der Waals surface area contributed by atoms with Crippen molar-refractivity contribution in [1.29, 1.82) is 0 Å². The number of phenols is 1. The molecule has 0 aromatic heterocycles. The van der Waals surface area contributed by atoms with Crippen molar-refractivity contribution in [2.45, 2.75) is 28.5 Å². The smallest absolute Gasteiger partial charge is 0.254 e. The van der Waals surface area contributed by atoms with Gasteiger partial charge in [0, 0.05) is 16.0 Å². The first-order chi connectivity index (χ1) is 19.0. The molecule has 6 atom stereocenters. The zero-order valence-electron chi connectivity index (χ0n) is 20.9. The van der Waals surface area contributed by atoms with Crippen LogP contribution in [0, 0.1) is 17.8 Å². The Morgan fingerprint density at radius 3 is 2.40 bits per heavy atom. The molecule has 1 N–H and O–H groups in total. The fourth-order valence-corrected chi connectivity index (χ4v) is 8.77. The number of allylic oxidation sites excluding steroid dienone is 2. The van der Waals surface area contributed by atoms with Gasteiger partial charge >= 0.3 is 0 Å². The van der Waals surface area contributed by atoms with Crippen molar-refractivity contribution in [1.82, 2.24) is 4.90 Å². The molecule has 0 spiro atoms. The third kappa shape index (κ3) is 3.48. The Labute approximate surface area is 256 Å². The molecule has 2 heterocycles. The normalized spacial score (nSPS) is 33.1. The second-order valence-corrected chi connectivity index (χ2v) is 13.0. The Hall–Kier alpha value is -2.40. The number of phenolic OH excluding ortho intramolecular Hbond substituents is 1. The highest BCUT2D eigenvalue weighted by molar-refractivity contribution is 9.10. The van der Waals surface area contributed by atoms with Crippen molar-refractivity contribution in [3.05, 3.63) is 64.1 Å². The summed E-state index contributed by atoms with van der Waals surface area (Å²) in [6.07, 6.45) is 1.90. The molecule has 0 bridgehead atoms. The van der Waals surface area contributed by atoms with Crippen LogP contribution in [0.1, 0.15) is 24.3 Å². The number of rotatable bonds is 4. The van der Waals surface area contributed by atoms with Gasteiger partial charge in [0.1, 0.15) is 0 Å². The molecule has 12 heteroatoms. The number of imide groups is 2. The van der Waals surface area contributed by atoms with Crippen LogP contribution in [0.2, 0.25) is 0 Å². The van der Waals surface area contributed by atoms with Gasteiger partial charge in [-0.25, -0.2) is 0 Å². The quantitative estimate of drug-likeness (QED) is 0.205. The summed E-state index contributed by atoms with van der Waals surface area (Å²) in [6.45, 7) is 0. The summed E-state index contributed by atoms with van der Waals surface area (Å²) in [7, 11) is 1.39. The van der Waals surface area contributed by atoms with Crippen molar-refractivity contribution >= 4 is 84.4 Å². The summed E-state index contributed by atoms with van der Waals surface area (Å²) in [6, 6.07) is 11.8. The number of likely N-dealkylation sites (tertiary alicyclic amines) is 1. The average molecular weight is 713 g/mol. The number of aromatic hydroxyl groups is 1. The number of amides is 4. The van der Waals surface area contributed by atoms with Crippen LogP contribution >= 0.6 is 55.1 Å². The van der Waals surface area contributed by atoms with Gasteiger partial charge in [0.15, 0.2) is 21.2 Å². The van der Waals surface area contributed by atoms with E-state index in [4.69, 9.17) is 27.9 Å². The Morgan fingerprint density at radius 1 is 1.05 bits per heavy atom. The SMILES string of the molecule is COc1cc(Br)cc(C2C3=CCC4C(=O)N(c5ccccc5)C(=O)C4C3CC3(Cl)C(=O)N(CBr)C(=O)C23Cl)c1O. The topological polar surface area (TPSA) is 104 Å². The number of carbonyl (C=O) groups is 4. The first kappa shape index (κ1) is 27.8. The lowest BCUT2D eigenvalue weighted by Gasteiger charge is -2.50. The maximum atomic E-state index is 14.0. The summed E-state index contributed by atoms with van der Waals surface area (Å²) < 4.78 is 5.90. The predicted octanol–water partition coefficient (Wildman–Crippen LogP) is 5.08. The highest BCUT2D eigenvalue weighted by Crippen LogP contribution is 2.66. The summed E-state index contributed by atoms with van der Waals surface area (Å²) >= 11 is 21.1. The zero-order valence-corrected chi connectivity index (χ0v) is 25.6. The number of hydrogen-bond donors (Lipinski definition) is 1. The number of fused-ring (bicyclic) bond motifs is 4. The highest BCUT2D eigenvalue weighted by Gasteiger charge is 2.76. The minimum atomic E-state index is -2.03. The van der Waals surface area contributed by atoms with Crippen molar-refractivity contribution < 1.29 is 29.0 Å². The minimum Gasteiger partial charge on any atom is -0.504 e. The van der Waals surface area contributed by atoms with Gasteiger partial charge in [-0.15, -0.1) is 23.2 Å². The van der Waals surface area contributed by atoms with E-state index in [1.165, 1.54) is 12.0 Å². The van der Waals surface area contributed by atoms with Gasteiger partial charge in [-0.1, -0.05) is 61.7 Å². The maximum absolute atomic E-state index is 14.0.